The number of carbonyl (C=O) groups excluding carboxylic acids is 1. The molecule has 2 rings (SSSR count). The lowest BCUT2D eigenvalue weighted by Crippen LogP contribution is -2.05. The third-order valence-corrected chi connectivity index (χ3v) is 2.74. The summed E-state index contributed by atoms with van der Waals surface area (Å²) in [5.74, 6) is 0.648. The van der Waals surface area contributed by atoms with Crippen molar-refractivity contribution in [2.45, 2.75) is 27.2 Å². The van der Waals surface area contributed by atoms with Crippen LogP contribution in [0.2, 0.25) is 0 Å². The molecule has 1 aromatic carbocycles. The second-order valence-corrected chi connectivity index (χ2v) is 4.78. The molecule has 0 saturated carbocycles. The Balaban J connectivity index is 2.18. The quantitative estimate of drug-likeness (QED) is 0.604. The lowest BCUT2D eigenvalue weighted by atomic mass is 10.0. The average Bonchev–Trinajstić information content (AvgIpc) is 2.71. The van der Waals surface area contributed by atoms with Gasteiger partial charge in [0.2, 0.25) is 5.90 Å². The van der Waals surface area contributed by atoms with Crippen LogP contribution in [0.5, 0.6) is 0 Å². The van der Waals surface area contributed by atoms with Gasteiger partial charge in [-0.25, -0.2) is 9.79 Å². The Kier molecular flexibility index (Phi) is 3.60. The minimum absolute atomic E-state index is 0.372. The van der Waals surface area contributed by atoms with E-state index in [0.717, 1.165) is 12.0 Å². The number of hydrogen-bond acceptors (Lipinski definition) is 3. The molecular weight excluding hydrogens is 226 g/mol. The zero-order valence-corrected chi connectivity index (χ0v) is 10.9. The molecule has 0 saturated heterocycles. The second kappa shape index (κ2) is 5.17. The lowest BCUT2D eigenvalue weighted by Gasteiger charge is -2.05. The first-order chi connectivity index (χ1) is 8.60. The van der Waals surface area contributed by atoms with E-state index in [1.165, 1.54) is 5.56 Å². The van der Waals surface area contributed by atoms with E-state index in [4.69, 9.17) is 4.74 Å². The average molecular weight is 243 g/mol. The van der Waals surface area contributed by atoms with Crippen LogP contribution in [0.4, 0.5) is 0 Å². The monoisotopic (exact) mass is 243 g/mol. The molecule has 0 spiro atoms. The van der Waals surface area contributed by atoms with Crippen molar-refractivity contribution < 1.29 is 9.53 Å². The molecule has 0 atom stereocenters. The Morgan fingerprint density at radius 2 is 1.94 bits per heavy atom. The molecule has 3 heteroatoms. The molecule has 1 aromatic rings. The van der Waals surface area contributed by atoms with Gasteiger partial charge in [-0.3, -0.25) is 0 Å². The largest absolute Gasteiger partial charge is 0.402 e. The molecule has 1 heterocycles. The van der Waals surface area contributed by atoms with E-state index in [2.05, 4.69) is 31.0 Å². The molecule has 0 fully saturated rings. The molecule has 0 bridgehead atoms. The topological polar surface area (TPSA) is 38.7 Å². The number of benzene rings is 1. The second-order valence-electron chi connectivity index (χ2n) is 4.78. The highest BCUT2D eigenvalue weighted by molar-refractivity contribution is 6.11. The number of esters is 1. The number of ether oxygens (including phenoxy) is 1. The van der Waals surface area contributed by atoms with Gasteiger partial charge < -0.3 is 4.74 Å². The molecule has 0 aromatic heterocycles. The third kappa shape index (κ3) is 2.67. The molecule has 94 valence electrons. The summed E-state index contributed by atoms with van der Waals surface area (Å²) in [5.41, 5.74) is 2.49. The first kappa shape index (κ1) is 12.6. The maximum absolute atomic E-state index is 11.4. The van der Waals surface area contributed by atoms with E-state index < -0.39 is 0 Å². The highest BCUT2D eigenvalue weighted by Gasteiger charge is 2.22. The zero-order chi connectivity index (χ0) is 13.1. The Hall–Kier alpha value is -1.90. The van der Waals surface area contributed by atoms with Crippen molar-refractivity contribution in [2.24, 2.45) is 10.9 Å². The first-order valence-electron chi connectivity index (χ1n) is 6.16. The van der Waals surface area contributed by atoms with Crippen LogP contribution in [0.15, 0.2) is 41.0 Å². The van der Waals surface area contributed by atoms with E-state index >= 15 is 0 Å². The minimum atomic E-state index is -0.376. The van der Waals surface area contributed by atoms with E-state index in [0.29, 0.717) is 17.5 Å². The van der Waals surface area contributed by atoms with Crippen molar-refractivity contribution in [3.05, 3.63) is 47.2 Å². The van der Waals surface area contributed by atoms with Crippen molar-refractivity contribution in [1.29, 1.82) is 0 Å². The summed E-state index contributed by atoms with van der Waals surface area (Å²) in [5, 5.41) is 0. The molecule has 0 radical (unpaired) electrons. The van der Waals surface area contributed by atoms with Crippen LogP contribution in [0.1, 0.15) is 31.9 Å². The fourth-order valence-corrected chi connectivity index (χ4v) is 1.88. The van der Waals surface area contributed by atoms with Crippen LogP contribution in [-0.2, 0) is 16.0 Å². The number of cyclic esters (lactones) is 1. The van der Waals surface area contributed by atoms with Gasteiger partial charge in [-0.1, -0.05) is 32.1 Å². The number of carbonyl (C=O) groups is 1. The molecule has 0 unspecified atom stereocenters. The zero-order valence-electron chi connectivity index (χ0n) is 10.9. The number of nitrogens with zero attached hydrogens (tertiary/aromatic N) is 1. The van der Waals surface area contributed by atoms with Gasteiger partial charge in [-0.05, 0) is 37.0 Å². The van der Waals surface area contributed by atoms with Gasteiger partial charge in [-0.2, -0.15) is 0 Å². The van der Waals surface area contributed by atoms with Gasteiger partial charge in [0.05, 0.1) is 0 Å². The van der Waals surface area contributed by atoms with Crippen LogP contribution in [-0.4, -0.2) is 11.9 Å². The standard InChI is InChI=1S/C15H17NO2/c1-4-13-15(17)18-14(16-13)12-7-5-11(6-8-12)9-10(2)3/h4-8,10H,9H2,1-3H3/b13-4+. The molecular formula is C15H17NO2. The highest BCUT2D eigenvalue weighted by atomic mass is 16.6. The summed E-state index contributed by atoms with van der Waals surface area (Å²) in [6, 6.07) is 8.00. The fourth-order valence-electron chi connectivity index (χ4n) is 1.88. The summed E-state index contributed by atoms with van der Waals surface area (Å²) in [4.78, 5) is 15.6. The van der Waals surface area contributed by atoms with Crippen LogP contribution in [0, 0.1) is 5.92 Å². The lowest BCUT2D eigenvalue weighted by molar-refractivity contribution is -0.130. The van der Waals surface area contributed by atoms with Crippen molar-refractivity contribution >= 4 is 11.9 Å². The van der Waals surface area contributed by atoms with E-state index in [-0.39, 0.29) is 5.97 Å². The van der Waals surface area contributed by atoms with Gasteiger partial charge >= 0.3 is 5.97 Å². The van der Waals surface area contributed by atoms with Crippen LogP contribution < -0.4 is 0 Å². The maximum Gasteiger partial charge on any atom is 0.363 e. The molecule has 0 aliphatic carbocycles. The summed E-state index contributed by atoms with van der Waals surface area (Å²) in [7, 11) is 0. The Bertz CT molecular complexity index is 510. The molecule has 3 nitrogen and oxygen atoms in total. The smallest absolute Gasteiger partial charge is 0.363 e. The van der Waals surface area contributed by atoms with Gasteiger partial charge in [0, 0.05) is 5.56 Å². The Morgan fingerprint density at radius 3 is 2.44 bits per heavy atom. The van der Waals surface area contributed by atoms with Crippen LogP contribution >= 0.6 is 0 Å². The SMILES string of the molecule is C/C=C1/N=C(c2ccc(CC(C)C)cc2)OC1=O. The van der Waals surface area contributed by atoms with E-state index in [1.54, 1.807) is 13.0 Å². The number of allylic oxidation sites excluding steroid dienone is 1. The summed E-state index contributed by atoms with van der Waals surface area (Å²) in [6.45, 7) is 6.15. The maximum atomic E-state index is 11.4. The fraction of sp³-hybridized carbons (Fsp3) is 0.333. The summed E-state index contributed by atoms with van der Waals surface area (Å²) >= 11 is 0. The highest BCUT2D eigenvalue weighted by Crippen LogP contribution is 2.17. The van der Waals surface area contributed by atoms with Crippen molar-refractivity contribution in [1.82, 2.24) is 0 Å². The third-order valence-electron chi connectivity index (χ3n) is 2.74. The molecule has 1 aliphatic rings. The van der Waals surface area contributed by atoms with Gasteiger partial charge in [0.25, 0.3) is 0 Å². The number of rotatable bonds is 3. The summed E-state index contributed by atoms with van der Waals surface area (Å²) in [6.07, 6.45) is 2.70. The van der Waals surface area contributed by atoms with Gasteiger partial charge in [-0.15, -0.1) is 0 Å². The predicted octanol–water partition coefficient (Wildman–Crippen LogP) is 3.09. The van der Waals surface area contributed by atoms with Crippen molar-refractivity contribution in [3.63, 3.8) is 0 Å². The van der Waals surface area contributed by atoms with Crippen molar-refractivity contribution in [3.8, 4) is 0 Å². The van der Waals surface area contributed by atoms with Gasteiger partial charge in [0.15, 0.2) is 0 Å². The molecule has 0 N–H and O–H groups in total. The summed E-state index contributed by atoms with van der Waals surface area (Å²) < 4.78 is 5.11. The molecule has 18 heavy (non-hydrogen) atoms. The minimum Gasteiger partial charge on any atom is -0.402 e. The van der Waals surface area contributed by atoms with Gasteiger partial charge in [0.1, 0.15) is 5.70 Å². The first-order valence-corrected chi connectivity index (χ1v) is 6.16. The predicted molar refractivity (Wildman–Crippen MR) is 71.4 cm³/mol. The normalized spacial score (nSPS) is 17.2. The van der Waals surface area contributed by atoms with Crippen molar-refractivity contribution in [2.75, 3.05) is 0 Å². The number of aliphatic imine (C=N–C) groups is 1. The molecule has 0 amide bonds. The van der Waals surface area contributed by atoms with E-state index in [9.17, 15) is 4.79 Å². The van der Waals surface area contributed by atoms with E-state index in [1.807, 2.05) is 12.1 Å². The van der Waals surface area contributed by atoms with Crippen LogP contribution in [0.3, 0.4) is 0 Å². The molecule has 1 aliphatic heterocycles. The number of hydrogen-bond donors (Lipinski definition) is 0. The van der Waals surface area contributed by atoms with Crippen LogP contribution in [0.25, 0.3) is 0 Å². The Morgan fingerprint density at radius 1 is 1.28 bits per heavy atom. The Labute approximate surface area is 107 Å².